The van der Waals surface area contributed by atoms with Crippen LogP contribution in [-0.2, 0) is 5.75 Å². The number of fused-ring (bicyclic) bond motifs is 1. The molecule has 9 heteroatoms. The van der Waals surface area contributed by atoms with E-state index in [1.807, 2.05) is 30.5 Å². The van der Waals surface area contributed by atoms with Gasteiger partial charge in [0.1, 0.15) is 0 Å². The van der Waals surface area contributed by atoms with Crippen LogP contribution in [-0.4, -0.2) is 34.1 Å². The maximum absolute atomic E-state index is 12.8. The van der Waals surface area contributed by atoms with Gasteiger partial charge in [-0.15, -0.1) is 0 Å². The van der Waals surface area contributed by atoms with Gasteiger partial charge in [0.05, 0.1) is 0 Å². The predicted molar refractivity (Wildman–Crippen MR) is 99.1 cm³/mol. The molecule has 132 valence electrons. The Labute approximate surface area is 163 Å². The number of halogens is 3. The number of hydrogen-bond donors (Lipinski definition) is 0. The summed E-state index contributed by atoms with van der Waals surface area (Å²) in [5, 5.41) is 8.04. The second kappa shape index (κ2) is 7.48. The first-order valence-electron chi connectivity index (χ1n) is 7.57. The SMILES string of the molecule is FC(F)c1nnc(-c2cnc3c(Cl)cc(SCc4ccccc4)cn23)[se]1. The van der Waals surface area contributed by atoms with E-state index in [0.29, 0.717) is 20.9 Å². The molecule has 3 heterocycles. The summed E-state index contributed by atoms with van der Waals surface area (Å²) >= 11 is 7.40. The van der Waals surface area contributed by atoms with E-state index in [1.54, 1.807) is 22.4 Å². The standard InChI is InChI=1S/C17H11ClF2N4SSe/c18-12-6-11(25-9-10-4-2-1-3-5-10)8-24-13(7-21-15(12)24)16-22-23-17(26-16)14(19)20/h1-8,14H,9H2. The van der Waals surface area contributed by atoms with E-state index in [1.165, 1.54) is 5.56 Å². The van der Waals surface area contributed by atoms with Crippen LogP contribution in [0.5, 0.6) is 0 Å². The molecule has 0 radical (unpaired) electrons. The van der Waals surface area contributed by atoms with Gasteiger partial charge in [-0.05, 0) is 0 Å². The van der Waals surface area contributed by atoms with Gasteiger partial charge in [0.15, 0.2) is 0 Å². The van der Waals surface area contributed by atoms with Crippen molar-refractivity contribution in [2.75, 3.05) is 0 Å². The molecular formula is C17H11ClF2N4SSe. The number of alkyl halides is 2. The van der Waals surface area contributed by atoms with Crippen molar-refractivity contribution in [1.29, 1.82) is 0 Å². The fraction of sp³-hybridized carbons (Fsp3) is 0.118. The Morgan fingerprint density at radius 1 is 1.19 bits per heavy atom. The third-order valence-corrected chi connectivity index (χ3v) is 6.94. The van der Waals surface area contributed by atoms with E-state index in [9.17, 15) is 8.78 Å². The summed E-state index contributed by atoms with van der Waals surface area (Å²) in [7, 11) is 0. The molecule has 4 aromatic rings. The third-order valence-electron chi connectivity index (χ3n) is 3.63. The van der Waals surface area contributed by atoms with Crippen LogP contribution in [0.2, 0.25) is 5.02 Å². The summed E-state index contributed by atoms with van der Waals surface area (Å²) in [6.45, 7) is 0. The average molecular weight is 456 g/mol. The van der Waals surface area contributed by atoms with E-state index < -0.39 is 20.9 Å². The quantitative estimate of drug-likeness (QED) is 0.322. The van der Waals surface area contributed by atoms with Gasteiger partial charge >= 0.3 is 163 Å². The molecule has 0 saturated heterocycles. The molecule has 0 bridgehead atoms. The van der Waals surface area contributed by atoms with Crippen molar-refractivity contribution >= 4 is 43.5 Å². The Balaban J connectivity index is 1.68. The first-order chi connectivity index (χ1) is 12.6. The number of nitrogens with zero attached hydrogens (tertiary/aromatic N) is 4. The summed E-state index contributed by atoms with van der Waals surface area (Å²) in [5.74, 6) is 0.802. The van der Waals surface area contributed by atoms with Crippen molar-refractivity contribution in [1.82, 2.24) is 19.6 Å². The molecule has 4 nitrogen and oxygen atoms in total. The normalized spacial score (nSPS) is 11.5. The minimum absolute atomic E-state index is 0.164. The van der Waals surface area contributed by atoms with Crippen molar-refractivity contribution in [3.05, 3.63) is 63.9 Å². The van der Waals surface area contributed by atoms with E-state index >= 15 is 0 Å². The molecule has 0 saturated carbocycles. The fourth-order valence-electron chi connectivity index (χ4n) is 2.43. The Morgan fingerprint density at radius 3 is 2.73 bits per heavy atom. The van der Waals surface area contributed by atoms with E-state index in [4.69, 9.17) is 11.6 Å². The van der Waals surface area contributed by atoms with Crippen molar-refractivity contribution < 1.29 is 8.78 Å². The Bertz CT molecular complexity index is 1050. The predicted octanol–water partition coefficient (Wildman–Crippen LogP) is 4.73. The van der Waals surface area contributed by atoms with Gasteiger partial charge in [-0.2, -0.15) is 0 Å². The molecule has 0 spiro atoms. The third kappa shape index (κ3) is 3.55. The van der Waals surface area contributed by atoms with Crippen molar-refractivity contribution in [2.45, 2.75) is 17.1 Å². The van der Waals surface area contributed by atoms with Crippen molar-refractivity contribution in [3.8, 4) is 10.3 Å². The molecule has 0 aliphatic rings. The number of hydrogen-bond acceptors (Lipinski definition) is 4. The fourth-order valence-corrected chi connectivity index (χ4v) is 5.14. The van der Waals surface area contributed by atoms with Crippen LogP contribution in [0.1, 0.15) is 16.6 Å². The molecule has 26 heavy (non-hydrogen) atoms. The molecule has 0 aliphatic carbocycles. The van der Waals surface area contributed by atoms with E-state index in [-0.39, 0.29) is 4.57 Å². The zero-order valence-corrected chi connectivity index (χ0v) is 16.4. The number of aromatic nitrogens is 4. The average Bonchev–Trinajstić information content (AvgIpc) is 3.28. The van der Waals surface area contributed by atoms with Crippen LogP contribution in [0.3, 0.4) is 0 Å². The molecule has 0 fully saturated rings. The number of benzene rings is 1. The van der Waals surface area contributed by atoms with Crippen LogP contribution >= 0.6 is 23.4 Å². The number of rotatable bonds is 5. The minimum atomic E-state index is -2.57. The molecular weight excluding hydrogens is 445 g/mol. The molecule has 0 unspecified atom stereocenters. The molecule has 0 aliphatic heterocycles. The maximum atomic E-state index is 12.8. The summed E-state index contributed by atoms with van der Waals surface area (Å²) in [6, 6.07) is 12.0. The second-order valence-electron chi connectivity index (χ2n) is 5.38. The topological polar surface area (TPSA) is 43.1 Å². The number of imidazole rings is 1. The first kappa shape index (κ1) is 17.7. The zero-order chi connectivity index (χ0) is 18.1. The molecule has 0 N–H and O–H groups in total. The van der Waals surface area contributed by atoms with Gasteiger partial charge in [0.2, 0.25) is 0 Å². The van der Waals surface area contributed by atoms with E-state index in [2.05, 4.69) is 27.3 Å². The van der Waals surface area contributed by atoms with Gasteiger partial charge in [-0.1, -0.05) is 0 Å². The van der Waals surface area contributed by atoms with Crippen LogP contribution in [0.4, 0.5) is 8.78 Å². The van der Waals surface area contributed by atoms with Gasteiger partial charge < -0.3 is 0 Å². The molecule has 3 aromatic heterocycles. The van der Waals surface area contributed by atoms with Gasteiger partial charge in [-0.3, -0.25) is 0 Å². The second-order valence-corrected chi connectivity index (χ2v) is 8.95. The van der Waals surface area contributed by atoms with Crippen LogP contribution in [0, 0.1) is 0 Å². The Hall–Kier alpha value is -1.73. The summed E-state index contributed by atoms with van der Waals surface area (Å²) < 4.78 is 27.8. The van der Waals surface area contributed by atoms with Crippen LogP contribution < -0.4 is 0 Å². The van der Waals surface area contributed by atoms with E-state index in [0.717, 1.165) is 10.6 Å². The first-order valence-corrected chi connectivity index (χ1v) is 10.6. The summed E-state index contributed by atoms with van der Waals surface area (Å²) in [5.41, 5.74) is 2.44. The van der Waals surface area contributed by atoms with Crippen molar-refractivity contribution in [3.63, 3.8) is 0 Å². The molecule has 1 aromatic carbocycles. The molecule has 0 amide bonds. The Kier molecular flexibility index (Phi) is 5.09. The molecule has 0 atom stereocenters. The number of pyridine rings is 1. The van der Waals surface area contributed by atoms with Gasteiger partial charge in [-0.25, -0.2) is 0 Å². The van der Waals surface area contributed by atoms with Crippen LogP contribution in [0.25, 0.3) is 15.9 Å². The monoisotopic (exact) mass is 456 g/mol. The Morgan fingerprint density at radius 2 is 2.00 bits per heavy atom. The van der Waals surface area contributed by atoms with Crippen molar-refractivity contribution in [2.24, 2.45) is 0 Å². The van der Waals surface area contributed by atoms with Crippen LogP contribution in [0.15, 0.2) is 53.7 Å². The molecule has 4 rings (SSSR count). The summed E-state index contributed by atoms with van der Waals surface area (Å²) in [4.78, 5) is 5.27. The zero-order valence-electron chi connectivity index (χ0n) is 13.1. The number of thioether (sulfide) groups is 1. The van der Waals surface area contributed by atoms with Gasteiger partial charge in [0.25, 0.3) is 0 Å². The summed E-state index contributed by atoms with van der Waals surface area (Å²) in [6.07, 6.45) is 0.948. The van der Waals surface area contributed by atoms with Gasteiger partial charge in [0, 0.05) is 0 Å².